The summed E-state index contributed by atoms with van der Waals surface area (Å²) in [6.45, 7) is 5.66. The van der Waals surface area contributed by atoms with E-state index < -0.39 is 6.10 Å². The molecule has 3 aromatic carbocycles. The number of β-amino-alcohol motifs (C(OH)–C–C–N with tert-alkyl or cyclic N) is 1. The Kier molecular flexibility index (Phi) is 9.60. The third-order valence-corrected chi connectivity index (χ3v) is 7.37. The summed E-state index contributed by atoms with van der Waals surface area (Å²) in [6.07, 6.45) is 4.01. The Bertz CT molecular complexity index is 1270. The molecule has 0 bridgehead atoms. The standard InChI is InChI=1S/C33H39NO6/c1-3-30(26-11-16-31-32(19-26)40-23-39-31)33(25-9-14-29(15-10-25)38-22-36-2)24-7-12-28(13-8-24)37-21-27(35)20-34-17-5-4-6-18-34/h7-16,19,27,35H,3-6,17-18,20-23H2,1-2H3/b33-30+. The molecule has 0 aromatic heterocycles. The minimum Gasteiger partial charge on any atom is -0.491 e. The van der Waals surface area contributed by atoms with Crippen molar-refractivity contribution in [3.05, 3.63) is 83.4 Å². The third-order valence-electron chi connectivity index (χ3n) is 7.37. The summed E-state index contributed by atoms with van der Waals surface area (Å²) in [5, 5.41) is 10.5. The predicted molar refractivity (Wildman–Crippen MR) is 156 cm³/mol. The summed E-state index contributed by atoms with van der Waals surface area (Å²) in [6, 6.07) is 22.3. The van der Waals surface area contributed by atoms with Crippen LogP contribution in [0.4, 0.5) is 0 Å². The summed E-state index contributed by atoms with van der Waals surface area (Å²) < 4.78 is 27.9. The van der Waals surface area contributed by atoms with Gasteiger partial charge in [-0.1, -0.05) is 43.7 Å². The van der Waals surface area contributed by atoms with Crippen LogP contribution >= 0.6 is 0 Å². The number of piperidine rings is 1. The van der Waals surface area contributed by atoms with Crippen LogP contribution in [0.1, 0.15) is 49.3 Å². The molecule has 40 heavy (non-hydrogen) atoms. The van der Waals surface area contributed by atoms with Gasteiger partial charge in [0.25, 0.3) is 0 Å². The smallest absolute Gasteiger partial charge is 0.231 e. The van der Waals surface area contributed by atoms with E-state index in [1.54, 1.807) is 7.11 Å². The summed E-state index contributed by atoms with van der Waals surface area (Å²) in [7, 11) is 1.61. The molecule has 5 rings (SSSR count). The van der Waals surface area contributed by atoms with E-state index >= 15 is 0 Å². The van der Waals surface area contributed by atoms with Crippen LogP contribution in [0, 0.1) is 0 Å². The highest BCUT2D eigenvalue weighted by Crippen LogP contribution is 2.40. The van der Waals surface area contributed by atoms with E-state index in [2.05, 4.69) is 48.2 Å². The fourth-order valence-electron chi connectivity index (χ4n) is 5.37. The number of rotatable bonds is 12. The minimum absolute atomic E-state index is 0.202. The molecule has 1 N–H and O–H groups in total. The van der Waals surface area contributed by atoms with E-state index in [4.69, 9.17) is 23.7 Å². The quantitative estimate of drug-likeness (QED) is 0.221. The number of allylic oxidation sites excluding steroid dienone is 1. The minimum atomic E-state index is -0.509. The van der Waals surface area contributed by atoms with Crippen LogP contribution in [0.3, 0.4) is 0 Å². The molecular weight excluding hydrogens is 506 g/mol. The zero-order valence-electron chi connectivity index (χ0n) is 23.4. The van der Waals surface area contributed by atoms with Crippen molar-refractivity contribution in [3.8, 4) is 23.0 Å². The number of hydrogen-bond donors (Lipinski definition) is 1. The highest BCUT2D eigenvalue weighted by Gasteiger charge is 2.19. The number of hydrogen-bond acceptors (Lipinski definition) is 7. The van der Waals surface area contributed by atoms with E-state index in [-0.39, 0.29) is 20.2 Å². The molecule has 7 heteroatoms. The van der Waals surface area contributed by atoms with Crippen molar-refractivity contribution in [2.24, 2.45) is 0 Å². The van der Waals surface area contributed by atoms with Crippen LogP contribution in [-0.4, -0.2) is 63.0 Å². The van der Waals surface area contributed by atoms with Gasteiger partial charge in [0.1, 0.15) is 24.2 Å². The number of fused-ring (bicyclic) bond motifs is 1. The number of methoxy groups -OCH3 is 1. The highest BCUT2D eigenvalue weighted by atomic mass is 16.7. The molecule has 1 fully saturated rings. The first-order chi connectivity index (χ1) is 19.6. The monoisotopic (exact) mass is 545 g/mol. The van der Waals surface area contributed by atoms with E-state index in [0.29, 0.717) is 6.54 Å². The van der Waals surface area contributed by atoms with Crippen molar-refractivity contribution in [2.45, 2.75) is 38.7 Å². The molecule has 2 aliphatic rings. The Morgan fingerprint density at radius 2 is 1.45 bits per heavy atom. The van der Waals surface area contributed by atoms with Gasteiger partial charge in [0, 0.05) is 13.7 Å². The van der Waals surface area contributed by atoms with Crippen LogP contribution in [-0.2, 0) is 4.74 Å². The van der Waals surface area contributed by atoms with Crippen molar-refractivity contribution >= 4 is 11.1 Å². The molecule has 1 unspecified atom stereocenters. The van der Waals surface area contributed by atoms with Gasteiger partial charge in [-0.05, 0) is 96.6 Å². The number of ether oxygens (including phenoxy) is 5. The Hall–Kier alpha value is -3.52. The topological polar surface area (TPSA) is 69.6 Å². The highest BCUT2D eigenvalue weighted by molar-refractivity contribution is 5.99. The van der Waals surface area contributed by atoms with Gasteiger partial charge < -0.3 is 33.7 Å². The number of aliphatic hydroxyl groups is 1. The summed E-state index contributed by atoms with van der Waals surface area (Å²) in [5.41, 5.74) is 5.54. The lowest BCUT2D eigenvalue weighted by atomic mass is 9.88. The Labute approximate surface area is 236 Å². The van der Waals surface area contributed by atoms with Gasteiger partial charge in [0.15, 0.2) is 18.3 Å². The summed E-state index contributed by atoms with van der Waals surface area (Å²) in [5.74, 6) is 3.02. The number of nitrogens with zero attached hydrogens (tertiary/aromatic N) is 1. The first kappa shape index (κ1) is 28.0. The Morgan fingerprint density at radius 1 is 0.825 bits per heavy atom. The van der Waals surface area contributed by atoms with Crippen molar-refractivity contribution < 1.29 is 28.8 Å². The molecule has 3 aromatic rings. The van der Waals surface area contributed by atoms with Crippen LogP contribution in [0.2, 0.25) is 0 Å². The number of likely N-dealkylation sites (tertiary alicyclic amines) is 1. The van der Waals surface area contributed by atoms with Gasteiger partial charge >= 0.3 is 0 Å². The fourth-order valence-corrected chi connectivity index (χ4v) is 5.37. The molecule has 212 valence electrons. The zero-order chi connectivity index (χ0) is 27.7. The van der Waals surface area contributed by atoms with Gasteiger partial charge in [0.05, 0.1) is 0 Å². The largest absolute Gasteiger partial charge is 0.491 e. The maximum absolute atomic E-state index is 10.5. The zero-order valence-corrected chi connectivity index (χ0v) is 23.4. The molecule has 1 atom stereocenters. The lowest BCUT2D eigenvalue weighted by Gasteiger charge is -2.28. The number of aliphatic hydroxyl groups excluding tert-OH is 1. The van der Waals surface area contributed by atoms with Crippen LogP contribution in [0.25, 0.3) is 11.1 Å². The molecule has 0 amide bonds. The molecular formula is C33H39NO6. The second kappa shape index (κ2) is 13.7. The second-order valence-corrected chi connectivity index (χ2v) is 10.2. The summed E-state index contributed by atoms with van der Waals surface area (Å²) in [4.78, 5) is 2.33. The van der Waals surface area contributed by atoms with Gasteiger partial charge in [0.2, 0.25) is 6.79 Å². The lowest BCUT2D eigenvalue weighted by Crippen LogP contribution is -2.38. The third kappa shape index (κ3) is 6.97. The van der Waals surface area contributed by atoms with Crippen molar-refractivity contribution in [3.63, 3.8) is 0 Å². The van der Waals surface area contributed by atoms with Gasteiger partial charge in [-0.2, -0.15) is 0 Å². The van der Waals surface area contributed by atoms with Crippen LogP contribution in [0.5, 0.6) is 23.0 Å². The van der Waals surface area contributed by atoms with Gasteiger partial charge in [-0.3, -0.25) is 0 Å². The predicted octanol–water partition coefficient (Wildman–Crippen LogP) is 5.99. The fraction of sp³-hybridized carbons (Fsp3) is 0.394. The van der Waals surface area contributed by atoms with Crippen molar-refractivity contribution in [2.75, 3.05) is 46.9 Å². The first-order valence-electron chi connectivity index (χ1n) is 14.1. The molecule has 0 saturated carbocycles. The summed E-state index contributed by atoms with van der Waals surface area (Å²) >= 11 is 0. The van der Waals surface area contributed by atoms with Crippen LogP contribution in [0.15, 0.2) is 66.7 Å². The first-order valence-corrected chi connectivity index (χ1v) is 14.1. The Balaban J connectivity index is 1.40. The number of benzene rings is 3. The molecule has 0 radical (unpaired) electrons. The molecule has 0 aliphatic carbocycles. The van der Waals surface area contributed by atoms with Gasteiger partial charge in [-0.15, -0.1) is 0 Å². The molecule has 2 aliphatic heterocycles. The molecule has 2 heterocycles. The molecule has 1 saturated heterocycles. The molecule has 0 spiro atoms. The Morgan fingerprint density at radius 3 is 2.10 bits per heavy atom. The average Bonchev–Trinajstić information content (AvgIpc) is 3.47. The van der Waals surface area contributed by atoms with Crippen molar-refractivity contribution in [1.82, 2.24) is 4.90 Å². The van der Waals surface area contributed by atoms with Crippen molar-refractivity contribution in [1.29, 1.82) is 0 Å². The second-order valence-electron chi connectivity index (χ2n) is 10.2. The van der Waals surface area contributed by atoms with Crippen LogP contribution < -0.4 is 18.9 Å². The lowest BCUT2D eigenvalue weighted by molar-refractivity contribution is 0.0511. The van der Waals surface area contributed by atoms with E-state index in [9.17, 15) is 5.11 Å². The van der Waals surface area contributed by atoms with E-state index in [1.165, 1.54) is 24.8 Å². The van der Waals surface area contributed by atoms with Gasteiger partial charge in [-0.25, -0.2) is 0 Å². The normalized spacial score (nSPS) is 16.4. The molecule has 7 nitrogen and oxygen atoms in total. The van der Waals surface area contributed by atoms with E-state index in [0.717, 1.165) is 64.8 Å². The maximum atomic E-state index is 10.5. The maximum Gasteiger partial charge on any atom is 0.231 e. The average molecular weight is 546 g/mol. The SMILES string of the molecule is CC/C(=C(\c1ccc(OCOC)cc1)c1ccc(OCC(O)CN2CCCCC2)cc1)c1ccc2c(c1)OCO2. The van der Waals surface area contributed by atoms with E-state index in [1.807, 2.05) is 30.3 Å².